The van der Waals surface area contributed by atoms with Gasteiger partial charge in [0, 0.05) is 27.9 Å². The lowest BCUT2D eigenvalue weighted by molar-refractivity contribution is -0.151. The molecule has 1 N–H and O–H groups in total. The molecule has 0 fully saturated rings. The van der Waals surface area contributed by atoms with E-state index in [2.05, 4.69) is 5.32 Å². The SMILES string of the molecule is CC[C@H](C)OC(=O)C1=C(C)NC2=C(C(=O)[C@H](C(=O)OC)[C@@H](C)C2)[C@H]1c1ccc(Cl)cc1. The zero-order valence-corrected chi connectivity index (χ0v) is 19.2. The Morgan fingerprint density at radius 3 is 2.48 bits per heavy atom. The number of nitrogens with one attached hydrogen (secondary N) is 1. The number of esters is 2. The Balaban J connectivity index is 2.15. The number of hydrogen-bond donors (Lipinski definition) is 1. The van der Waals surface area contributed by atoms with Gasteiger partial charge in [-0.15, -0.1) is 0 Å². The van der Waals surface area contributed by atoms with Gasteiger partial charge in [-0.2, -0.15) is 0 Å². The molecule has 31 heavy (non-hydrogen) atoms. The Kier molecular flexibility index (Phi) is 6.90. The first-order chi connectivity index (χ1) is 14.7. The lowest BCUT2D eigenvalue weighted by Crippen LogP contribution is -2.43. The summed E-state index contributed by atoms with van der Waals surface area (Å²) in [6.07, 6.45) is 0.904. The van der Waals surface area contributed by atoms with Gasteiger partial charge in [-0.1, -0.05) is 37.6 Å². The van der Waals surface area contributed by atoms with Gasteiger partial charge in [0.05, 0.1) is 18.8 Å². The molecule has 0 bridgehead atoms. The zero-order chi connectivity index (χ0) is 22.9. The fourth-order valence-corrected chi connectivity index (χ4v) is 4.40. The Bertz CT molecular complexity index is 963. The van der Waals surface area contributed by atoms with Crippen LogP contribution >= 0.6 is 11.6 Å². The number of methoxy groups -OCH3 is 1. The Labute approximate surface area is 187 Å². The summed E-state index contributed by atoms with van der Waals surface area (Å²) in [5, 5.41) is 3.80. The van der Waals surface area contributed by atoms with Crippen molar-refractivity contribution < 1.29 is 23.9 Å². The minimum Gasteiger partial charge on any atom is -0.468 e. The fourth-order valence-electron chi connectivity index (χ4n) is 4.27. The molecule has 0 unspecified atom stereocenters. The Morgan fingerprint density at radius 1 is 1.26 bits per heavy atom. The maximum absolute atomic E-state index is 13.6. The molecule has 3 rings (SSSR count). The first-order valence-electron chi connectivity index (χ1n) is 10.5. The number of benzene rings is 1. The molecule has 1 aliphatic heterocycles. The molecule has 0 saturated carbocycles. The fraction of sp³-hybridized carbons (Fsp3) is 0.458. The molecule has 2 aliphatic rings. The number of allylic oxidation sites excluding steroid dienone is 3. The predicted molar refractivity (Wildman–Crippen MR) is 117 cm³/mol. The van der Waals surface area contributed by atoms with E-state index >= 15 is 0 Å². The second kappa shape index (κ2) is 9.27. The molecule has 0 saturated heterocycles. The molecule has 1 heterocycles. The van der Waals surface area contributed by atoms with Gasteiger partial charge >= 0.3 is 11.9 Å². The van der Waals surface area contributed by atoms with Crippen molar-refractivity contribution in [2.75, 3.05) is 7.11 Å². The summed E-state index contributed by atoms with van der Waals surface area (Å²) in [6.45, 7) is 7.42. The number of rotatable bonds is 5. The predicted octanol–water partition coefficient (Wildman–Crippen LogP) is 4.29. The molecule has 4 atom stereocenters. The number of carbonyl (C=O) groups excluding carboxylic acids is 3. The van der Waals surface area contributed by atoms with Crippen LogP contribution in [0.15, 0.2) is 46.8 Å². The van der Waals surface area contributed by atoms with Crippen molar-refractivity contribution in [1.82, 2.24) is 5.32 Å². The first kappa shape index (κ1) is 23.1. The molecule has 0 radical (unpaired) electrons. The van der Waals surface area contributed by atoms with Gasteiger partial charge < -0.3 is 14.8 Å². The van der Waals surface area contributed by atoms with Gasteiger partial charge in [0.1, 0.15) is 5.92 Å². The molecule has 1 aromatic carbocycles. The second-order valence-electron chi connectivity index (χ2n) is 8.21. The van der Waals surface area contributed by atoms with E-state index in [1.807, 2.05) is 20.8 Å². The van der Waals surface area contributed by atoms with Crippen LogP contribution in [-0.2, 0) is 23.9 Å². The van der Waals surface area contributed by atoms with Crippen LogP contribution in [0.25, 0.3) is 0 Å². The average Bonchev–Trinajstić information content (AvgIpc) is 2.72. The van der Waals surface area contributed by atoms with Crippen LogP contribution in [0.4, 0.5) is 0 Å². The lowest BCUT2D eigenvalue weighted by Gasteiger charge is -2.38. The monoisotopic (exact) mass is 445 g/mol. The lowest BCUT2D eigenvalue weighted by atomic mass is 9.69. The summed E-state index contributed by atoms with van der Waals surface area (Å²) >= 11 is 6.08. The number of dihydropyridines is 1. The van der Waals surface area contributed by atoms with Crippen molar-refractivity contribution in [2.24, 2.45) is 11.8 Å². The van der Waals surface area contributed by atoms with Crippen molar-refractivity contribution in [3.63, 3.8) is 0 Å². The first-order valence-corrected chi connectivity index (χ1v) is 10.9. The topological polar surface area (TPSA) is 81.7 Å². The summed E-state index contributed by atoms with van der Waals surface area (Å²) in [5.41, 5.74) is 2.89. The van der Waals surface area contributed by atoms with Gasteiger partial charge in [-0.25, -0.2) is 4.79 Å². The highest BCUT2D eigenvalue weighted by Crippen LogP contribution is 2.45. The number of ether oxygens (including phenoxy) is 2. The largest absolute Gasteiger partial charge is 0.468 e. The van der Waals surface area contributed by atoms with Crippen LogP contribution in [0.2, 0.25) is 5.02 Å². The van der Waals surface area contributed by atoms with E-state index in [4.69, 9.17) is 21.1 Å². The van der Waals surface area contributed by atoms with Crippen LogP contribution in [0.3, 0.4) is 0 Å². The quantitative estimate of drug-likeness (QED) is 0.537. The number of ketones is 1. The van der Waals surface area contributed by atoms with Crippen LogP contribution in [-0.4, -0.2) is 30.9 Å². The molecule has 0 aromatic heterocycles. The van der Waals surface area contributed by atoms with E-state index in [1.54, 1.807) is 31.2 Å². The van der Waals surface area contributed by atoms with Crippen LogP contribution < -0.4 is 5.32 Å². The minimum absolute atomic E-state index is 0.224. The highest BCUT2D eigenvalue weighted by molar-refractivity contribution is 6.30. The van der Waals surface area contributed by atoms with Crippen molar-refractivity contribution in [2.45, 2.75) is 52.6 Å². The normalized spacial score (nSPS) is 24.3. The van der Waals surface area contributed by atoms with E-state index in [-0.39, 0.29) is 17.8 Å². The zero-order valence-electron chi connectivity index (χ0n) is 18.5. The van der Waals surface area contributed by atoms with Crippen molar-refractivity contribution in [3.05, 3.63) is 57.4 Å². The molecule has 1 aliphatic carbocycles. The van der Waals surface area contributed by atoms with Gasteiger partial charge in [-0.05, 0) is 50.3 Å². The number of Topliss-reactive ketones (excluding diaryl/α,β-unsaturated/α-hetero) is 1. The highest BCUT2D eigenvalue weighted by Gasteiger charge is 2.47. The van der Waals surface area contributed by atoms with Gasteiger partial charge in [0.15, 0.2) is 5.78 Å². The van der Waals surface area contributed by atoms with E-state index in [1.165, 1.54) is 7.11 Å². The van der Waals surface area contributed by atoms with E-state index in [0.717, 1.165) is 11.3 Å². The van der Waals surface area contributed by atoms with E-state index in [9.17, 15) is 14.4 Å². The number of hydrogen-bond acceptors (Lipinski definition) is 6. The van der Waals surface area contributed by atoms with Crippen molar-refractivity contribution in [1.29, 1.82) is 0 Å². The van der Waals surface area contributed by atoms with Gasteiger partial charge in [0.2, 0.25) is 0 Å². The van der Waals surface area contributed by atoms with Crippen LogP contribution in [0.1, 0.15) is 52.0 Å². The van der Waals surface area contributed by atoms with E-state index in [0.29, 0.717) is 34.7 Å². The standard InChI is InChI=1S/C24H28ClNO5/c1-6-13(3)31-24(29)19-14(4)26-17-11-12(2)18(23(28)30-5)22(27)21(17)20(19)15-7-9-16(25)10-8-15/h7-10,12-13,18,20,26H,6,11H2,1-5H3/t12-,13-,18+,20-/m0/s1. The van der Waals surface area contributed by atoms with Crippen LogP contribution in [0, 0.1) is 11.8 Å². The molecular weight excluding hydrogens is 418 g/mol. The van der Waals surface area contributed by atoms with Crippen LogP contribution in [0.5, 0.6) is 0 Å². The maximum atomic E-state index is 13.6. The third-order valence-electron chi connectivity index (χ3n) is 6.05. The summed E-state index contributed by atoms with van der Waals surface area (Å²) in [5.74, 6) is -3.16. The average molecular weight is 446 g/mol. The molecule has 1 aromatic rings. The van der Waals surface area contributed by atoms with Crippen molar-refractivity contribution >= 4 is 29.3 Å². The maximum Gasteiger partial charge on any atom is 0.337 e. The molecule has 0 amide bonds. The van der Waals surface area contributed by atoms with E-state index < -0.39 is 23.8 Å². The smallest absolute Gasteiger partial charge is 0.337 e. The number of halogens is 1. The Morgan fingerprint density at radius 2 is 1.90 bits per heavy atom. The van der Waals surface area contributed by atoms with Gasteiger partial charge in [-0.3, -0.25) is 9.59 Å². The highest BCUT2D eigenvalue weighted by atomic mass is 35.5. The molecule has 0 spiro atoms. The third kappa shape index (κ3) is 4.40. The summed E-state index contributed by atoms with van der Waals surface area (Å²) in [4.78, 5) is 39.2. The summed E-state index contributed by atoms with van der Waals surface area (Å²) in [6, 6.07) is 7.04. The molecule has 7 heteroatoms. The summed E-state index contributed by atoms with van der Waals surface area (Å²) in [7, 11) is 1.28. The Hall–Kier alpha value is -2.60. The number of carbonyl (C=O) groups is 3. The van der Waals surface area contributed by atoms with Gasteiger partial charge in [0.25, 0.3) is 0 Å². The third-order valence-corrected chi connectivity index (χ3v) is 6.30. The van der Waals surface area contributed by atoms with Crippen molar-refractivity contribution in [3.8, 4) is 0 Å². The molecule has 166 valence electrons. The summed E-state index contributed by atoms with van der Waals surface area (Å²) < 4.78 is 10.5. The second-order valence-corrected chi connectivity index (χ2v) is 8.65. The molecule has 6 nitrogen and oxygen atoms in total. The minimum atomic E-state index is -0.911. The molecular formula is C24H28ClNO5.